The molecule has 132 valence electrons. The van der Waals surface area contributed by atoms with Gasteiger partial charge in [-0.25, -0.2) is 9.89 Å². The highest BCUT2D eigenvalue weighted by Crippen LogP contribution is 2.27. The number of nitrogens with zero attached hydrogens (tertiary/aromatic N) is 4. The standard InChI is InChI=1S/C15H16ClN5O3S/c1-23-8-4-7-21-14(22)18-19-15(21)25-9-12-17-13(24-20-12)10-5-2-3-6-11(10)16/h2-3,5-6H,4,7-9H2,1H3,(H,18,22). The highest BCUT2D eigenvalue weighted by Gasteiger charge is 2.14. The first-order valence-electron chi connectivity index (χ1n) is 7.53. The van der Waals surface area contributed by atoms with Gasteiger partial charge in [0.15, 0.2) is 11.0 Å². The monoisotopic (exact) mass is 381 g/mol. The number of ether oxygens (including phenoxy) is 1. The van der Waals surface area contributed by atoms with Crippen molar-refractivity contribution in [3.05, 3.63) is 45.6 Å². The first kappa shape index (κ1) is 17.7. The first-order chi connectivity index (χ1) is 12.2. The fourth-order valence-corrected chi connectivity index (χ4v) is 3.20. The SMILES string of the molecule is COCCCn1c(SCc2noc(-c3ccccc3Cl)n2)n[nH]c1=O. The number of rotatable bonds is 8. The number of aromatic nitrogens is 5. The third-order valence-corrected chi connectivity index (χ3v) is 4.66. The molecule has 3 rings (SSSR count). The Hall–Kier alpha value is -2.10. The molecule has 8 nitrogen and oxygen atoms in total. The molecule has 1 aromatic carbocycles. The maximum atomic E-state index is 11.8. The average Bonchev–Trinajstić information content (AvgIpc) is 3.21. The van der Waals surface area contributed by atoms with Gasteiger partial charge in [-0.15, -0.1) is 5.10 Å². The lowest BCUT2D eigenvalue weighted by Gasteiger charge is -2.03. The summed E-state index contributed by atoms with van der Waals surface area (Å²) in [6.07, 6.45) is 0.725. The van der Waals surface area contributed by atoms with Crippen molar-refractivity contribution < 1.29 is 9.26 Å². The largest absolute Gasteiger partial charge is 0.385 e. The fraction of sp³-hybridized carbons (Fsp3) is 0.333. The minimum atomic E-state index is -0.247. The van der Waals surface area contributed by atoms with Crippen LogP contribution in [-0.2, 0) is 17.0 Å². The summed E-state index contributed by atoms with van der Waals surface area (Å²) in [5, 5.41) is 11.6. The van der Waals surface area contributed by atoms with Crippen LogP contribution in [-0.4, -0.2) is 38.6 Å². The Morgan fingerprint density at radius 3 is 3.04 bits per heavy atom. The van der Waals surface area contributed by atoms with Crippen molar-refractivity contribution in [2.24, 2.45) is 0 Å². The molecule has 0 radical (unpaired) electrons. The van der Waals surface area contributed by atoms with E-state index in [0.717, 1.165) is 6.42 Å². The summed E-state index contributed by atoms with van der Waals surface area (Å²) in [7, 11) is 1.63. The molecule has 0 saturated heterocycles. The normalized spacial score (nSPS) is 11.1. The molecule has 0 aliphatic carbocycles. The Morgan fingerprint density at radius 2 is 2.24 bits per heavy atom. The predicted octanol–water partition coefficient (Wildman–Crippen LogP) is 2.60. The molecule has 0 fully saturated rings. The van der Waals surface area contributed by atoms with Crippen molar-refractivity contribution in [2.75, 3.05) is 13.7 Å². The smallest absolute Gasteiger partial charge is 0.343 e. The number of H-pyrrole nitrogens is 1. The zero-order valence-corrected chi connectivity index (χ0v) is 15.0. The molecule has 0 atom stereocenters. The molecule has 0 unspecified atom stereocenters. The number of thioether (sulfide) groups is 1. The van der Waals surface area contributed by atoms with E-state index < -0.39 is 0 Å². The molecule has 0 bridgehead atoms. The van der Waals surface area contributed by atoms with Gasteiger partial charge in [-0.3, -0.25) is 4.57 Å². The number of halogens is 1. The molecular weight excluding hydrogens is 366 g/mol. The van der Waals surface area contributed by atoms with Gasteiger partial charge in [0.2, 0.25) is 0 Å². The maximum Gasteiger partial charge on any atom is 0.343 e. The molecule has 1 N–H and O–H groups in total. The van der Waals surface area contributed by atoms with Gasteiger partial charge in [0.1, 0.15) is 0 Å². The number of hydrogen-bond acceptors (Lipinski definition) is 7. The van der Waals surface area contributed by atoms with Gasteiger partial charge in [-0.1, -0.05) is 40.7 Å². The van der Waals surface area contributed by atoms with E-state index in [-0.39, 0.29) is 5.69 Å². The van der Waals surface area contributed by atoms with E-state index in [2.05, 4.69) is 20.3 Å². The summed E-state index contributed by atoms with van der Waals surface area (Å²) in [6, 6.07) is 7.26. The number of aromatic amines is 1. The van der Waals surface area contributed by atoms with Gasteiger partial charge in [-0.2, -0.15) is 4.98 Å². The minimum absolute atomic E-state index is 0.247. The zero-order valence-electron chi connectivity index (χ0n) is 13.4. The third-order valence-electron chi connectivity index (χ3n) is 3.36. The van der Waals surface area contributed by atoms with E-state index in [4.69, 9.17) is 20.9 Å². The maximum absolute atomic E-state index is 11.8. The topological polar surface area (TPSA) is 98.8 Å². The summed E-state index contributed by atoms with van der Waals surface area (Å²) in [5.41, 5.74) is 0.438. The molecule has 2 aromatic heterocycles. The van der Waals surface area contributed by atoms with Crippen LogP contribution in [0.3, 0.4) is 0 Å². The van der Waals surface area contributed by atoms with Crippen molar-refractivity contribution in [3.8, 4) is 11.5 Å². The Labute approximate surface area is 152 Å². The predicted molar refractivity (Wildman–Crippen MR) is 93.6 cm³/mol. The Bertz CT molecular complexity index is 891. The Morgan fingerprint density at radius 1 is 1.40 bits per heavy atom. The van der Waals surface area contributed by atoms with Gasteiger partial charge < -0.3 is 9.26 Å². The first-order valence-corrected chi connectivity index (χ1v) is 8.90. The summed E-state index contributed by atoms with van der Waals surface area (Å²) in [6.45, 7) is 1.11. The second-order valence-corrected chi connectivity index (χ2v) is 6.44. The summed E-state index contributed by atoms with van der Waals surface area (Å²) in [5.74, 6) is 1.28. The van der Waals surface area contributed by atoms with Crippen molar-refractivity contribution in [1.82, 2.24) is 24.9 Å². The molecule has 25 heavy (non-hydrogen) atoms. The van der Waals surface area contributed by atoms with Crippen LogP contribution in [0.25, 0.3) is 11.5 Å². The molecule has 2 heterocycles. The van der Waals surface area contributed by atoms with Crippen molar-refractivity contribution in [3.63, 3.8) is 0 Å². The van der Waals surface area contributed by atoms with Crippen molar-refractivity contribution in [2.45, 2.75) is 23.9 Å². The van der Waals surface area contributed by atoms with Crippen LogP contribution in [0.2, 0.25) is 5.02 Å². The lowest BCUT2D eigenvalue weighted by atomic mass is 10.2. The van der Waals surface area contributed by atoms with Crippen LogP contribution in [0.4, 0.5) is 0 Å². The van der Waals surface area contributed by atoms with E-state index in [0.29, 0.717) is 46.4 Å². The lowest BCUT2D eigenvalue weighted by molar-refractivity contribution is 0.189. The second kappa shape index (κ2) is 8.32. The lowest BCUT2D eigenvalue weighted by Crippen LogP contribution is -2.18. The van der Waals surface area contributed by atoms with Crippen LogP contribution >= 0.6 is 23.4 Å². The average molecular weight is 382 g/mol. The third kappa shape index (κ3) is 4.30. The number of hydrogen-bond donors (Lipinski definition) is 1. The van der Waals surface area contributed by atoms with Crippen LogP contribution in [0.15, 0.2) is 38.7 Å². The Balaban J connectivity index is 1.67. The molecule has 0 aliphatic rings. The molecular formula is C15H16ClN5O3S. The van der Waals surface area contributed by atoms with E-state index in [1.807, 2.05) is 18.2 Å². The van der Waals surface area contributed by atoms with Gasteiger partial charge in [0.05, 0.1) is 16.3 Å². The van der Waals surface area contributed by atoms with Gasteiger partial charge in [-0.05, 0) is 18.6 Å². The Kier molecular flexibility index (Phi) is 5.90. The summed E-state index contributed by atoms with van der Waals surface area (Å²) in [4.78, 5) is 16.1. The summed E-state index contributed by atoms with van der Waals surface area (Å²) >= 11 is 7.48. The van der Waals surface area contributed by atoms with E-state index >= 15 is 0 Å². The number of methoxy groups -OCH3 is 1. The second-order valence-electron chi connectivity index (χ2n) is 5.09. The molecule has 10 heteroatoms. The molecule has 0 aliphatic heterocycles. The molecule has 0 spiro atoms. The van der Waals surface area contributed by atoms with Crippen LogP contribution in [0.5, 0.6) is 0 Å². The van der Waals surface area contributed by atoms with Crippen LogP contribution in [0, 0.1) is 0 Å². The van der Waals surface area contributed by atoms with Crippen molar-refractivity contribution >= 4 is 23.4 Å². The minimum Gasteiger partial charge on any atom is -0.385 e. The van der Waals surface area contributed by atoms with Gasteiger partial charge >= 0.3 is 5.69 Å². The highest BCUT2D eigenvalue weighted by molar-refractivity contribution is 7.98. The van der Waals surface area contributed by atoms with E-state index in [9.17, 15) is 4.79 Å². The van der Waals surface area contributed by atoms with E-state index in [1.54, 1.807) is 17.7 Å². The zero-order chi connectivity index (χ0) is 17.6. The van der Waals surface area contributed by atoms with Crippen LogP contribution in [0.1, 0.15) is 12.2 Å². The van der Waals surface area contributed by atoms with Crippen LogP contribution < -0.4 is 5.69 Å². The quantitative estimate of drug-likeness (QED) is 0.473. The highest BCUT2D eigenvalue weighted by atomic mass is 35.5. The molecule has 0 amide bonds. The van der Waals surface area contributed by atoms with Gasteiger partial charge in [0.25, 0.3) is 5.89 Å². The van der Waals surface area contributed by atoms with Gasteiger partial charge in [0, 0.05) is 20.3 Å². The summed E-state index contributed by atoms with van der Waals surface area (Å²) < 4.78 is 11.8. The number of nitrogens with one attached hydrogen (secondary N) is 1. The molecule has 3 aromatic rings. The number of benzene rings is 1. The van der Waals surface area contributed by atoms with Crippen molar-refractivity contribution in [1.29, 1.82) is 0 Å². The van der Waals surface area contributed by atoms with E-state index in [1.165, 1.54) is 11.8 Å². The molecule has 0 saturated carbocycles. The fourth-order valence-electron chi connectivity index (χ4n) is 2.16.